The molecule has 0 fully saturated rings. The minimum atomic E-state index is 0.511. The van der Waals surface area contributed by atoms with E-state index in [4.69, 9.17) is 10.7 Å². The van der Waals surface area contributed by atoms with E-state index < -0.39 is 0 Å². The summed E-state index contributed by atoms with van der Waals surface area (Å²) in [5, 5.41) is 1.11. The van der Waals surface area contributed by atoms with E-state index in [2.05, 4.69) is 58.5 Å². The highest BCUT2D eigenvalue weighted by molar-refractivity contribution is 7.97. The number of pyridine rings is 1. The summed E-state index contributed by atoms with van der Waals surface area (Å²) in [6, 6.07) is 16.7. The average Bonchev–Trinajstić information content (AvgIpc) is 3.10. The summed E-state index contributed by atoms with van der Waals surface area (Å²) in [5.74, 6) is 1.60. The fraction of sp³-hybridized carbons (Fsp3) is 0.304. The van der Waals surface area contributed by atoms with E-state index >= 15 is 0 Å². The van der Waals surface area contributed by atoms with Crippen molar-refractivity contribution in [2.24, 2.45) is 0 Å². The van der Waals surface area contributed by atoms with E-state index in [1.165, 1.54) is 10.5 Å². The third-order valence-corrected chi connectivity index (χ3v) is 5.95. The predicted octanol–water partition coefficient (Wildman–Crippen LogP) is 5.11. The number of nitrogens with one attached hydrogen (secondary N) is 1. The number of nitrogens with two attached hydrogens (primary N) is 1. The van der Waals surface area contributed by atoms with E-state index in [1.807, 2.05) is 18.2 Å². The maximum Gasteiger partial charge on any atom is 0.152 e. The van der Waals surface area contributed by atoms with Crippen LogP contribution in [0.4, 0.5) is 5.82 Å². The SMILES string of the molecule is CCCCc1nc2c(N)nc3ccccc3c2n1CCNSc1ccc(C)cc1. The van der Waals surface area contributed by atoms with Crippen molar-refractivity contribution in [3.8, 4) is 0 Å². The first-order valence-corrected chi connectivity index (χ1v) is 11.0. The monoisotopic (exact) mass is 405 g/mol. The van der Waals surface area contributed by atoms with E-state index in [-0.39, 0.29) is 0 Å². The molecule has 0 aliphatic heterocycles. The number of nitrogen functional groups attached to an aromatic ring is 1. The van der Waals surface area contributed by atoms with Gasteiger partial charge in [0.25, 0.3) is 0 Å². The lowest BCUT2D eigenvalue weighted by atomic mass is 10.2. The molecular weight excluding hydrogens is 378 g/mol. The van der Waals surface area contributed by atoms with Gasteiger partial charge in [0.1, 0.15) is 11.3 Å². The Balaban J connectivity index is 1.62. The first-order chi connectivity index (χ1) is 14.2. The van der Waals surface area contributed by atoms with Crippen LogP contribution in [0.1, 0.15) is 31.2 Å². The fourth-order valence-corrected chi connectivity index (χ4v) is 4.20. The Morgan fingerprint density at radius 1 is 1.07 bits per heavy atom. The lowest BCUT2D eigenvalue weighted by Gasteiger charge is -2.11. The van der Waals surface area contributed by atoms with Gasteiger partial charge in [0.2, 0.25) is 0 Å². The van der Waals surface area contributed by atoms with E-state index in [9.17, 15) is 0 Å². The van der Waals surface area contributed by atoms with Crippen molar-refractivity contribution in [1.29, 1.82) is 0 Å². The third kappa shape index (κ3) is 4.23. The zero-order valence-corrected chi connectivity index (χ0v) is 17.8. The van der Waals surface area contributed by atoms with Gasteiger partial charge in [0, 0.05) is 29.8 Å². The molecule has 0 atom stereocenters. The minimum absolute atomic E-state index is 0.511. The van der Waals surface area contributed by atoms with Crippen LogP contribution < -0.4 is 10.5 Å². The fourth-order valence-electron chi connectivity index (χ4n) is 3.57. The quantitative estimate of drug-likeness (QED) is 0.315. The molecule has 2 heterocycles. The van der Waals surface area contributed by atoms with Gasteiger partial charge < -0.3 is 10.3 Å². The number of para-hydroxylation sites is 1. The molecule has 6 heteroatoms. The number of benzene rings is 2. The number of unbranched alkanes of at least 4 members (excludes halogenated alkanes) is 1. The highest BCUT2D eigenvalue weighted by atomic mass is 32.2. The number of hydrogen-bond acceptors (Lipinski definition) is 5. The summed E-state index contributed by atoms with van der Waals surface area (Å²) in [5.41, 5.74) is 10.4. The molecule has 0 aliphatic carbocycles. The number of anilines is 1. The zero-order valence-electron chi connectivity index (χ0n) is 17.0. The van der Waals surface area contributed by atoms with Crippen LogP contribution in [0.5, 0.6) is 0 Å². The van der Waals surface area contributed by atoms with Crippen molar-refractivity contribution in [2.75, 3.05) is 12.3 Å². The Bertz CT molecular complexity index is 1120. The van der Waals surface area contributed by atoms with Crippen molar-refractivity contribution >= 4 is 39.7 Å². The predicted molar refractivity (Wildman–Crippen MR) is 123 cm³/mol. The zero-order chi connectivity index (χ0) is 20.2. The molecule has 150 valence electrons. The maximum atomic E-state index is 6.27. The molecule has 0 bridgehead atoms. The van der Waals surface area contributed by atoms with E-state index in [0.717, 1.165) is 60.1 Å². The number of aryl methyl sites for hydroxylation is 2. The summed E-state index contributed by atoms with van der Waals surface area (Å²) in [6.07, 6.45) is 3.20. The molecule has 2 aromatic heterocycles. The summed E-state index contributed by atoms with van der Waals surface area (Å²) < 4.78 is 5.82. The molecule has 0 radical (unpaired) electrons. The maximum absolute atomic E-state index is 6.27. The summed E-state index contributed by atoms with van der Waals surface area (Å²) in [7, 11) is 0. The van der Waals surface area contributed by atoms with Gasteiger partial charge in [-0.05, 0) is 43.5 Å². The molecule has 3 N–H and O–H groups in total. The smallest absolute Gasteiger partial charge is 0.152 e. The standard InChI is InChI=1S/C23H27N5S/c1-3-4-9-20-27-21-22(18-7-5-6-8-19(18)26-23(21)24)28(20)15-14-25-29-17-12-10-16(2)11-13-17/h5-8,10-13,25H,3-4,9,14-15H2,1-2H3,(H2,24,26). The summed E-state index contributed by atoms with van der Waals surface area (Å²) in [4.78, 5) is 10.7. The summed E-state index contributed by atoms with van der Waals surface area (Å²) >= 11 is 1.67. The molecule has 4 rings (SSSR count). The normalized spacial score (nSPS) is 11.5. The van der Waals surface area contributed by atoms with Crippen molar-refractivity contribution in [2.45, 2.75) is 44.6 Å². The number of fused-ring (bicyclic) bond motifs is 3. The Kier molecular flexibility index (Phi) is 6.02. The van der Waals surface area contributed by atoms with Gasteiger partial charge in [0.15, 0.2) is 5.82 Å². The Hall–Kier alpha value is -2.57. The molecule has 0 saturated heterocycles. The topological polar surface area (TPSA) is 68.8 Å². The number of rotatable bonds is 8. The highest BCUT2D eigenvalue weighted by Gasteiger charge is 2.16. The van der Waals surface area contributed by atoms with Crippen LogP contribution in [-0.4, -0.2) is 21.1 Å². The van der Waals surface area contributed by atoms with Gasteiger partial charge >= 0.3 is 0 Å². The molecule has 0 unspecified atom stereocenters. The van der Waals surface area contributed by atoms with Crippen LogP contribution in [0.2, 0.25) is 0 Å². The van der Waals surface area contributed by atoms with Crippen LogP contribution in [0, 0.1) is 6.92 Å². The van der Waals surface area contributed by atoms with Crippen LogP contribution in [-0.2, 0) is 13.0 Å². The summed E-state index contributed by atoms with van der Waals surface area (Å²) in [6.45, 7) is 5.98. The first kappa shape index (κ1) is 19.7. The molecule has 0 aliphatic rings. The lowest BCUT2D eigenvalue weighted by molar-refractivity contribution is 0.641. The Labute approximate surface area is 175 Å². The second-order valence-corrected chi connectivity index (χ2v) is 8.27. The van der Waals surface area contributed by atoms with Gasteiger partial charge in [-0.3, -0.25) is 4.72 Å². The van der Waals surface area contributed by atoms with Crippen LogP contribution >= 0.6 is 11.9 Å². The number of aromatic nitrogens is 3. The number of hydrogen-bond donors (Lipinski definition) is 2. The molecule has 2 aromatic carbocycles. The lowest BCUT2D eigenvalue weighted by Crippen LogP contribution is -2.15. The van der Waals surface area contributed by atoms with Crippen molar-refractivity contribution < 1.29 is 0 Å². The number of nitrogens with zero attached hydrogens (tertiary/aromatic N) is 3. The van der Waals surface area contributed by atoms with Gasteiger partial charge in [-0.15, -0.1) is 0 Å². The van der Waals surface area contributed by atoms with Crippen molar-refractivity contribution in [3.63, 3.8) is 0 Å². The van der Waals surface area contributed by atoms with Crippen molar-refractivity contribution in [3.05, 3.63) is 59.9 Å². The average molecular weight is 406 g/mol. The third-order valence-electron chi connectivity index (χ3n) is 5.09. The van der Waals surface area contributed by atoms with Gasteiger partial charge in [-0.1, -0.05) is 49.2 Å². The molecular formula is C23H27N5S. The van der Waals surface area contributed by atoms with Crippen LogP contribution in [0.15, 0.2) is 53.4 Å². The molecule has 5 nitrogen and oxygen atoms in total. The molecule has 29 heavy (non-hydrogen) atoms. The number of imidazole rings is 1. The second-order valence-electron chi connectivity index (χ2n) is 7.30. The molecule has 4 aromatic rings. The molecule has 0 spiro atoms. The van der Waals surface area contributed by atoms with E-state index in [1.54, 1.807) is 11.9 Å². The highest BCUT2D eigenvalue weighted by Crippen LogP contribution is 2.29. The molecule has 0 amide bonds. The first-order valence-electron chi connectivity index (χ1n) is 10.2. The second kappa shape index (κ2) is 8.84. The minimum Gasteiger partial charge on any atom is -0.382 e. The van der Waals surface area contributed by atoms with Gasteiger partial charge in [-0.2, -0.15) is 0 Å². The van der Waals surface area contributed by atoms with Gasteiger partial charge in [-0.25, -0.2) is 9.97 Å². The van der Waals surface area contributed by atoms with Crippen molar-refractivity contribution in [1.82, 2.24) is 19.3 Å². The van der Waals surface area contributed by atoms with Gasteiger partial charge in [0.05, 0.1) is 11.0 Å². The molecule has 0 saturated carbocycles. The van der Waals surface area contributed by atoms with Crippen LogP contribution in [0.25, 0.3) is 21.9 Å². The Morgan fingerprint density at radius 2 is 1.86 bits per heavy atom. The largest absolute Gasteiger partial charge is 0.382 e. The van der Waals surface area contributed by atoms with E-state index in [0.29, 0.717) is 5.82 Å². The Morgan fingerprint density at radius 3 is 2.66 bits per heavy atom. The van der Waals surface area contributed by atoms with Crippen LogP contribution in [0.3, 0.4) is 0 Å².